The Hall–Kier alpha value is -2.20. The van der Waals surface area contributed by atoms with Crippen LogP contribution in [0.15, 0.2) is 48.8 Å². The van der Waals surface area contributed by atoms with Gasteiger partial charge in [0, 0.05) is 24.5 Å². The van der Waals surface area contributed by atoms with Crippen LogP contribution in [-0.4, -0.2) is 16.0 Å². The number of aliphatic hydroxyl groups is 1. The number of rotatable bonds is 4. The number of nitrogens with zero attached hydrogens (tertiary/aromatic N) is 1. The third kappa shape index (κ3) is 3.65. The first-order valence-corrected chi connectivity index (χ1v) is 6.47. The predicted octanol–water partition coefficient (Wildman–Crippen LogP) is 2.24. The third-order valence-corrected chi connectivity index (χ3v) is 3.01. The second kappa shape index (κ2) is 5.84. The van der Waals surface area contributed by atoms with E-state index in [9.17, 15) is 9.90 Å². The molecule has 0 aliphatic heterocycles. The van der Waals surface area contributed by atoms with Gasteiger partial charge in [-0.05, 0) is 43.2 Å². The fraction of sp³-hybridized carbons (Fsp3) is 0.250. The number of benzene rings is 1. The molecule has 20 heavy (non-hydrogen) atoms. The monoisotopic (exact) mass is 270 g/mol. The second-order valence-electron chi connectivity index (χ2n) is 5.18. The van der Waals surface area contributed by atoms with Crippen LogP contribution in [0.3, 0.4) is 0 Å². The van der Waals surface area contributed by atoms with Crippen LogP contribution >= 0.6 is 0 Å². The second-order valence-corrected chi connectivity index (χ2v) is 5.18. The Kier molecular flexibility index (Phi) is 4.15. The summed E-state index contributed by atoms with van der Waals surface area (Å²) in [5.41, 5.74) is 1.24. The van der Waals surface area contributed by atoms with Gasteiger partial charge in [-0.2, -0.15) is 0 Å². The van der Waals surface area contributed by atoms with Gasteiger partial charge in [0.05, 0.1) is 5.60 Å². The lowest BCUT2D eigenvalue weighted by Gasteiger charge is -2.18. The van der Waals surface area contributed by atoms with Gasteiger partial charge < -0.3 is 10.4 Å². The Morgan fingerprint density at radius 1 is 1.30 bits per heavy atom. The molecule has 2 aromatic rings. The lowest BCUT2D eigenvalue weighted by atomic mass is 9.96. The van der Waals surface area contributed by atoms with Crippen LogP contribution in [0.25, 0.3) is 0 Å². The first-order valence-electron chi connectivity index (χ1n) is 6.47. The van der Waals surface area contributed by atoms with Gasteiger partial charge in [-0.3, -0.25) is 9.78 Å². The molecular formula is C16H18N2O2. The molecule has 0 aliphatic rings. The Balaban J connectivity index is 2.06. The molecular weight excluding hydrogens is 252 g/mol. The number of pyridine rings is 1. The summed E-state index contributed by atoms with van der Waals surface area (Å²) in [6, 6.07) is 10.7. The molecule has 4 nitrogen and oxygen atoms in total. The van der Waals surface area contributed by atoms with Crippen molar-refractivity contribution in [1.29, 1.82) is 0 Å². The zero-order valence-corrected chi connectivity index (χ0v) is 11.6. The predicted molar refractivity (Wildman–Crippen MR) is 77.1 cm³/mol. The Morgan fingerprint density at radius 3 is 2.75 bits per heavy atom. The van der Waals surface area contributed by atoms with Gasteiger partial charge in [0.1, 0.15) is 0 Å². The molecule has 0 unspecified atom stereocenters. The number of hydrogen-bond acceptors (Lipinski definition) is 3. The van der Waals surface area contributed by atoms with Crippen LogP contribution in [0, 0.1) is 0 Å². The van der Waals surface area contributed by atoms with Gasteiger partial charge in [0.15, 0.2) is 0 Å². The first kappa shape index (κ1) is 14.2. The van der Waals surface area contributed by atoms with Crippen LogP contribution in [0.1, 0.15) is 35.3 Å². The van der Waals surface area contributed by atoms with E-state index in [1.807, 2.05) is 12.1 Å². The van der Waals surface area contributed by atoms with E-state index >= 15 is 0 Å². The quantitative estimate of drug-likeness (QED) is 0.895. The van der Waals surface area contributed by atoms with Crippen molar-refractivity contribution in [3.63, 3.8) is 0 Å². The SMILES string of the molecule is CC(C)(O)c1cccc(C(=O)NCc2cccnc2)c1. The van der Waals surface area contributed by atoms with Crippen molar-refractivity contribution in [2.75, 3.05) is 0 Å². The molecule has 0 bridgehead atoms. The summed E-state index contributed by atoms with van der Waals surface area (Å²) < 4.78 is 0. The zero-order chi connectivity index (χ0) is 14.6. The standard InChI is InChI=1S/C16H18N2O2/c1-16(2,20)14-7-3-6-13(9-14)15(19)18-11-12-5-4-8-17-10-12/h3-10,20H,11H2,1-2H3,(H,18,19). The van der Waals surface area contributed by atoms with Gasteiger partial charge in [0.2, 0.25) is 0 Å². The molecule has 0 spiro atoms. The number of carbonyl (C=O) groups is 1. The number of hydrogen-bond donors (Lipinski definition) is 2. The van der Waals surface area contributed by atoms with Gasteiger partial charge in [0.25, 0.3) is 5.91 Å². The minimum atomic E-state index is -0.959. The van der Waals surface area contributed by atoms with Gasteiger partial charge >= 0.3 is 0 Å². The van der Waals surface area contributed by atoms with Crippen molar-refractivity contribution in [2.45, 2.75) is 26.0 Å². The maximum Gasteiger partial charge on any atom is 0.251 e. The lowest BCUT2D eigenvalue weighted by Crippen LogP contribution is -2.24. The van der Waals surface area contributed by atoms with E-state index in [1.165, 1.54) is 0 Å². The molecule has 4 heteroatoms. The highest BCUT2D eigenvalue weighted by atomic mass is 16.3. The third-order valence-electron chi connectivity index (χ3n) is 3.01. The highest BCUT2D eigenvalue weighted by Crippen LogP contribution is 2.20. The molecule has 104 valence electrons. The van der Waals surface area contributed by atoms with E-state index in [0.717, 1.165) is 5.56 Å². The van der Waals surface area contributed by atoms with Crippen LogP contribution in [-0.2, 0) is 12.1 Å². The molecule has 1 aromatic heterocycles. The van der Waals surface area contributed by atoms with Crippen molar-refractivity contribution >= 4 is 5.91 Å². The van der Waals surface area contributed by atoms with Crippen molar-refractivity contribution in [2.24, 2.45) is 0 Å². The highest BCUT2D eigenvalue weighted by Gasteiger charge is 2.17. The van der Waals surface area contributed by atoms with E-state index in [4.69, 9.17) is 0 Å². The van der Waals surface area contributed by atoms with Crippen molar-refractivity contribution < 1.29 is 9.90 Å². The van der Waals surface area contributed by atoms with Crippen LogP contribution in [0.4, 0.5) is 0 Å². The summed E-state index contributed by atoms with van der Waals surface area (Å²) in [7, 11) is 0. The van der Waals surface area contributed by atoms with Gasteiger partial charge in [-0.1, -0.05) is 18.2 Å². The van der Waals surface area contributed by atoms with Crippen LogP contribution in [0.5, 0.6) is 0 Å². The number of amides is 1. The highest BCUT2D eigenvalue weighted by molar-refractivity contribution is 5.94. The van der Waals surface area contributed by atoms with E-state index < -0.39 is 5.60 Å². The number of nitrogens with one attached hydrogen (secondary N) is 1. The summed E-state index contributed by atoms with van der Waals surface area (Å²) in [5, 5.41) is 12.8. The smallest absolute Gasteiger partial charge is 0.251 e. The molecule has 0 fully saturated rings. The molecule has 1 aromatic carbocycles. The average Bonchev–Trinajstić information content (AvgIpc) is 2.45. The summed E-state index contributed by atoms with van der Waals surface area (Å²) in [6.07, 6.45) is 3.41. The van der Waals surface area contributed by atoms with Crippen molar-refractivity contribution in [3.05, 3.63) is 65.5 Å². The fourth-order valence-electron chi connectivity index (χ4n) is 1.83. The Morgan fingerprint density at radius 2 is 2.10 bits per heavy atom. The molecule has 0 aliphatic carbocycles. The first-order chi connectivity index (χ1) is 9.47. The van der Waals surface area contributed by atoms with Crippen LogP contribution < -0.4 is 5.32 Å². The summed E-state index contributed by atoms with van der Waals surface area (Å²) >= 11 is 0. The van der Waals surface area contributed by atoms with Crippen LogP contribution in [0.2, 0.25) is 0 Å². The molecule has 2 rings (SSSR count). The summed E-state index contributed by atoms with van der Waals surface area (Å²) in [5.74, 6) is -0.167. The molecule has 0 atom stereocenters. The molecule has 2 N–H and O–H groups in total. The largest absolute Gasteiger partial charge is 0.386 e. The molecule has 1 amide bonds. The average molecular weight is 270 g/mol. The maximum atomic E-state index is 12.1. The van der Waals surface area contributed by atoms with E-state index in [0.29, 0.717) is 17.7 Å². The van der Waals surface area contributed by atoms with E-state index in [1.54, 1.807) is 50.5 Å². The molecule has 0 saturated carbocycles. The Labute approximate surface area is 118 Å². The number of aromatic nitrogens is 1. The normalized spacial score (nSPS) is 11.2. The summed E-state index contributed by atoms with van der Waals surface area (Å²) in [4.78, 5) is 16.1. The van der Waals surface area contributed by atoms with E-state index in [-0.39, 0.29) is 5.91 Å². The maximum absolute atomic E-state index is 12.1. The number of carbonyl (C=O) groups excluding carboxylic acids is 1. The van der Waals surface area contributed by atoms with Crippen molar-refractivity contribution in [1.82, 2.24) is 10.3 Å². The topological polar surface area (TPSA) is 62.2 Å². The summed E-state index contributed by atoms with van der Waals surface area (Å²) in [6.45, 7) is 3.82. The van der Waals surface area contributed by atoms with Gasteiger partial charge in [-0.15, -0.1) is 0 Å². The molecule has 0 radical (unpaired) electrons. The Bertz CT molecular complexity index is 589. The molecule has 1 heterocycles. The minimum Gasteiger partial charge on any atom is -0.386 e. The molecule has 0 saturated heterocycles. The van der Waals surface area contributed by atoms with Crippen molar-refractivity contribution in [3.8, 4) is 0 Å². The lowest BCUT2D eigenvalue weighted by molar-refractivity contribution is 0.0784. The minimum absolute atomic E-state index is 0.167. The fourth-order valence-corrected chi connectivity index (χ4v) is 1.83. The zero-order valence-electron chi connectivity index (χ0n) is 11.6. The van der Waals surface area contributed by atoms with E-state index in [2.05, 4.69) is 10.3 Å². The van der Waals surface area contributed by atoms with Gasteiger partial charge in [-0.25, -0.2) is 0 Å².